The Balaban J connectivity index is 1.50. The van der Waals surface area contributed by atoms with Crippen LogP contribution in [0, 0.1) is 0 Å². The lowest BCUT2D eigenvalue weighted by Crippen LogP contribution is -2.28. The van der Waals surface area contributed by atoms with Crippen LogP contribution in [0.15, 0.2) is 69.2 Å². The number of aliphatic hydroxyl groups is 1. The third kappa shape index (κ3) is 4.70. The van der Waals surface area contributed by atoms with Gasteiger partial charge in [-0.1, -0.05) is 41.6 Å². The van der Waals surface area contributed by atoms with E-state index < -0.39 is 6.10 Å². The van der Waals surface area contributed by atoms with E-state index >= 15 is 0 Å². The monoisotopic (exact) mass is 397 g/mol. The van der Waals surface area contributed by atoms with Gasteiger partial charge < -0.3 is 9.63 Å². The summed E-state index contributed by atoms with van der Waals surface area (Å²) in [5.74, 6) is 1.16. The summed E-state index contributed by atoms with van der Waals surface area (Å²) >= 11 is 3.17. The Morgan fingerprint density at radius 1 is 1.04 bits per heavy atom. The molecule has 138 valence electrons. The summed E-state index contributed by atoms with van der Waals surface area (Å²) in [6.45, 7) is 1.66. The van der Waals surface area contributed by atoms with Gasteiger partial charge in [-0.3, -0.25) is 4.90 Å². The van der Waals surface area contributed by atoms with Crippen molar-refractivity contribution in [1.29, 1.82) is 0 Å². The molecular formula is C20H19N3O2S2. The smallest absolute Gasteiger partial charge is 0.241 e. The van der Waals surface area contributed by atoms with E-state index in [-0.39, 0.29) is 0 Å². The minimum Gasteiger partial charge on any atom is -0.387 e. The first kappa shape index (κ1) is 18.1. The fourth-order valence-electron chi connectivity index (χ4n) is 2.86. The van der Waals surface area contributed by atoms with E-state index in [1.165, 1.54) is 5.56 Å². The van der Waals surface area contributed by atoms with Gasteiger partial charge in [0.2, 0.25) is 11.7 Å². The topological polar surface area (TPSA) is 62.4 Å². The SMILES string of the molecule is O[C@H](CN(Cc1ccccc1)Cc1nc(-c2cccs2)no1)c1ccsc1. The number of benzene rings is 1. The molecule has 0 aliphatic carbocycles. The highest BCUT2D eigenvalue weighted by Gasteiger charge is 2.18. The molecule has 0 aliphatic rings. The summed E-state index contributed by atoms with van der Waals surface area (Å²) in [6.07, 6.45) is -0.556. The number of thiophene rings is 2. The van der Waals surface area contributed by atoms with Crippen LogP contribution in [0.3, 0.4) is 0 Å². The van der Waals surface area contributed by atoms with Gasteiger partial charge in [0.05, 0.1) is 17.5 Å². The summed E-state index contributed by atoms with van der Waals surface area (Å²) in [5, 5.41) is 20.6. The molecule has 1 N–H and O–H groups in total. The van der Waals surface area contributed by atoms with Crippen molar-refractivity contribution < 1.29 is 9.63 Å². The molecule has 0 saturated carbocycles. The number of aromatic nitrogens is 2. The molecule has 7 heteroatoms. The lowest BCUT2D eigenvalue weighted by atomic mass is 10.1. The molecule has 3 heterocycles. The minimum atomic E-state index is -0.556. The fraction of sp³-hybridized carbons (Fsp3) is 0.200. The Kier molecular flexibility index (Phi) is 5.74. The maximum Gasteiger partial charge on any atom is 0.241 e. The first-order chi connectivity index (χ1) is 13.3. The van der Waals surface area contributed by atoms with Gasteiger partial charge in [-0.15, -0.1) is 11.3 Å². The Bertz CT molecular complexity index is 937. The standard InChI is InChI=1S/C20H19N3O2S2/c24-17(16-8-10-26-14-16)12-23(11-15-5-2-1-3-6-15)13-19-21-20(22-25-19)18-7-4-9-27-18/h1-10,14,17,24H,11-13H2/t17-/m1/s1. The van der Waals surface area contributed by atoms with Gasteiger partial charge in [0.25, 0.3) is 0 Å². The lowest BCUT2D eigenvalue weighted by Gasteiger charge is -2.23. The predicted molar refractivity (Wildman–Crippen MR) is 107 cm³/mol. The summed E-state index contributed by atoms with van der Waals surface area (Å²) < 4.78 is 5.45. The van der Waals surface area contributed by atoms with Gasteiger partial charge in [-0.25, -0.2) is 0 Å². The highest BCUT2D eigenvalue weighted by molar-refractivity contribution is 7.13. The van der Waals surface area contributed by atoms with Crippen molar-refractivity contribution in [3.8, 4) is 10.7 Å². The zero-order chi connectivity index (χ0) is 18.5. The highest BCUT2D eigenvalue weighted by atomic mass is 32.1. The molecular weight excluding hydrogens is 378 g/mol. The lowest BCUT2D eigenvalue weighted by molar-refractivity contribution is 0.0980. The molecule has 5 nitrogen and oxygen atoms in total. The number of nitrogens with zero attached hydrogens (tertiary/aromatic N) is 3. The Morgan fingerprint density at radius 2 is 1.93 bits per heavy atom. The summed E-state index contributed by atoms with van der Waals surface area (Å²) in [4.78, 5) is 7.63. The van der Waals surface area contributed by atoms with Crippen molar-refractivity contribution in [3.63, 3.8) is 0 Å². The van der Waals surface area contributed by atoms with Crippen molar-refractivity contribution in [2.45, 2.75) is 19.2 Å². The maximum absolute atomic E-state index is 10.6. The van der Waals surface area contributed by atoms with Gasteiger partial charge >= 0.3 is 0 Å². The van der Waals surface area contributed by atoms with Crippen LogP contribution in [0.5, 0.6) is 0 Å². The van der Waals surface area contributed by atoms with E-state index in [4.69, 9.17) is 4.52 Å². The van der Waals surface area contributed by atoms with Gasteiger partial charge in [0.1, 0.15) is 0 Å². The predicted octanol–water partition coefficient (Wildman–Crippen LogP) is 4.60. The largest absolute Gasteiger partial charge is 0.387 e. The maximum atomic E-state index is 10.6. The van der Waals surface area contributed by atoms with Gasteiger partial charge in [0.15, 0.2) is 0 Å². The van der Waals surface area contributed by atoms with Crippen molar-refractivity contribution in [1.82, 2.24) is 15.0 Å². The summed E-state index contributed by atoms with van der Waals surface area (Å²) in [6, 6.07) is 16.1. The molecule has 0 spiro atoms. The number of aliphatic hydroxyl groups excluding tert-OH is 1. The first-order valence-electron chi connectivity index (χ1n) is 8.61. The third-order valence-electron chi connectivity index (χ3n) is 4.18. The second kappa shape index (κ2) is 8.58. The van der Waals surface area contributed by atoms with E-state index in [1.54, 1.807) is 22.7 Å². The number of rotatable bonds is 8. The minimum absolute atomic E-state index is 0.481. The van der Waals surface area contributed by atoms with Gasteiger partial charge in [0, 0.05) is 13.1 Å². The van der Waals surface area contributed by atoms with Gasteiger partial charge in [-0.2, -0.15) is 16.3 Å². The Labute approximate surface area is 165 Å². The molecule has 0 saturated heterocycles. The van der Waals surface area contributed by atoms with E-state index in [2.05, 4.69) is 27.2 Å². The molecule has 4 aromatic rings. The Morgan fingerprint density at radius 3 is 2.67 bits per heavy atom. The highest BCUT2D eigenvalue weighted by Crippen LogP contribution is 2.23. The van der Waals surface area contributed by atoms with E-state index in [0.717, 1.165) is 10.4 Å². The molecule has 0 aliphatic heterocycles. The Hall–Kier alpha value is -2.32. The van der Waals surface area contributed by atoms with Crippen LogP contribution in [-0.2, 0) is 13.1 Å². The first-order valence-corrected chi connectivity index (χ1v) is 10.4. The molecule has 0 bridgehead atoms. The normalized spacial score (nSPS) is 12.5. The van der Waals surface area contributed by atoms with Crippen LogP contribution in [0.25, 0.3) is 10.7 Å². The molecule has 0 unspecified atom stereocenters. The van der Waals surface area contributed by atoms with Crippen LogP contribution < -0.4 is 0 Å². The van der Waals surface area contributed by atoms with Crippen molar-refractivity contribution in [3.05, 3.63) is 81.7 Å². The second-order valence-corrected chi connectivity index (χ2v) is 7.94. The van der Waals surface area contributed by atoms with Crippen molar-refractivity contribution in [2.75, 3.05) is 6.54 Å². The van der Waals surface area contributed by atoms with Crippen LogP contribution in [0.1, 0.15) is 23.1 Å². The van der Waals surface area contributed by atoms with E-state index in [9.17, 15) is 5.11 Å². The molecule has 1 atom stereocenters. The van der Waals surface area contributed by atoms with Crippen molar-refractivity contribution in [2.24, 2.45) is 0 Å². The van der Waals surface area contributed by atoms with Crippen LogP contribution in [0.4, 0.5) is 0 Å². The molecule has 27 heavy (non-hydrogen) atoms. The summed E-state index contributed by atoms with van der Waals surface area (Å²) in [7, 11) is 0. The van der Waals surface area contributed by atoms with Crippen molar-refractivity contribution >= 4 is 22.7 Å². The number of hydrogen-bond acceptors (Lipinski definition) is 7. The summed E-state index contributed by atoms with van der Waals surface area (Å²) in [5.41, 5.74) is 2.11. The fourth-order valence-corrected chi connectivity index (χ4v) is 4.21. The zero-order valence-corrected chi connectivity index (χ0v) is 16.2. The van der Waals surface area contributed by atoms with Crippen LogP contribution in [-0.4, -0.2) is 26.7 Å². The molecule has 4 rings (SSSR count). The average Bonchev–Trinajstić information content (AvgIpc) is 3.44. The molecule has 0 fully saturated rings. The van der Waals surface area contributed by atoms with Crippen LogP contribution in [0.2, 0.25) is 0 Å². The second-order valence-electron chi connectivity index (χ2n) is 6.22. The third-order valence-corrected chi connectivity index (χ3v) is 5.74. The van der Waals surface area contributed by atoms with Crippen LogP contribution >= 0.6 is 22.7 Å². The molecule has 0 radical (unpaired) electrons. The van der Waals surface area contributed by atoms with Gasteiger partial charge in [-0.05, 0) is 39.4 Å². The molecule has 3 aromatic heterocycles. The van der Waals surface area contributed by atoms with E-state index in [0.29, 0.717) is 31.3 Å². The molecule has 0 amide bonds. The molecule has 1 aromatic carbocycles. The average molecular weight is 398 g/mol. The zero-order valence-electron chi connectivity index (χ0n) is 14.6. The van der Waals surface area contributed by atoms with E-state index in [1.807, 2.05) is 52.5 Å². The quantitative estimate of drug-likeness (QED) is 0.471. The number of hydrogen-bond donors (Lipinski definition) is 1.